The monoisotopic (exact) mass is 533 g/mol. The Labute approximate surface area is 230 Å². The van der Waals surface area contributed by atoms with Gasteiger partial charge in [-0.2, -0.15) is 0 Å². The summed E-state index contributed by atoms with van der Waals surface area (Å²) in [4.78, 5) is 57.6. The molecule has 4 atom stereocenters. The zero-order valence-electron chi connectivity index (χ0n) is 23.5. The molecule has 3 aliphatic heterocycles. The maximum absolute atomic E-state index is 14.1. The second kappa shape index (κ2) is 9.96. The van der Waals surface area contributed by atoms with Crippen LogP contribution in [0.5, 0.6) is 0 Å². The molecule has 0 saturated carbocycles. The summed E-state index contributed by atoms with van der Waals surface area (Å²) in [6.45, 7) is 9.27. The van der Waals surface area contributed by atoms with Gasteiger partial charge in [0.05, 0.1) is 11.5 Å². The first-order valence-electron chi connectivity index (χ1n) is 14.0. The van der Waals surface area contributed by atoms with Crippen LogP contribution < -0.4 is 5.32 Å². The molecule has 0 aromatic heterocycles. The highest BCUT2D eigenvalue weighted by atomic mass is 16.6. The number of hydrogen-bond donors (Lipinski definition) is 1. The zero-order valence-corrected chi connectivity index (χ0v) is 23.5. The van der Waals surface area contributed by atoms with E-state index in [1.165, 1.54) is 0 Å². The summed E-state index contributed by atoms with van der Waals surface area (Å²) in [5.74, 6) is -1.32. The molecule has 8 nitrogen and oxygen atoms in total. The van der Waals surface area contributed by atoms with E-state index in [2.05, 4.69) is 5.32 Å². The number of likely N-dealkylation sites (tertiary alicyclic amines) is 1. The van der Waals surface area contributed by atoms with Crippen molar-refractivity contribution >= 4 is 34.5 Å². The average molecular weight is 534 g/mol. The Balaban J connectivity index is 1.51. The highest BCUT2D eigenvalue weighted by Crippen LogP contribution is 2.58. The number of rotatable bonds is 7. The first-order chi connectivity index (χ1) is 18.4. The van der Waals surface area contributed by atoms with E-state index in [1.54, 1.807) is 25.7 Å². The van der Waals surface area contributed by atoms with Gasteiger partial charge in [0.15, 0.2) is 0 Å². The summed E-state index contributed by atoms with van der Waals surface area (Å²) < 4.78 is 5.39. The van der Waals surface area contributed by atoms with Crippen molar-refractivity contribution in [1.29, 1.82) is 0 Å². The summed E-state index contributed by atoms with van der Waals surface area (Å²) in [7, 11) is 0. The van der Waals surface area contributed by atoms with Gasteiger partial charge in [-0.05, 0) is 62.3 Å². The third kappa shape index (κ3) is 4.79. The topological polar surface area (TPSA) is 96.0 Å². The number of esters is 1. The van der Waals surface area contributed by atoms with Crippen LogP contribution in [0.25, 0.3) is 10.8 Å². The van der Waals surface area contributed by atoms with Gasteiger partial charge < -0.3 is 19.9 Å². The number of hydrogen-bond acceptors (Lipinski definition) is 5. The molecule has 3 amide bonds. The number of ether oxygens (including phenoxy) is 1. The van der Waals surface area contributed by atoms with Gasteiger partial charge in [0.25, 0.3) is 0 Å². The Kier molecular flexibility index (Phi) is 6.93. The summed E-state index contributed by atoms with van der Waals surface area (Å²) in [5.41, 5.74) is -0.645. The Morgan fingerprint density at radius 3 is 2.54 bits per heavy atom. The minimum atomic E-state index is -0.906. The minimum absolute atomic E-state index is 0.000229. The molecule has 8 heteroatoms. The second-order valence-corrected chi connectivity index (χ2v) is 12.6. The molecular weight excluding hydrogens is 494 g/mol. The predicted octanol–water partition coefficient (Wildman–Crippen LogP) is 3.80. The molecule has 2 aromatic carbocycles. The van der Waals surface area contributed by atoms with E-state index in [-0.39, 0.29) is 36.9 Å². The van der Waals surface area contributed by atoms with Gasteiger partial charge in [0.2, 0.25) is 17.7 Å². The number of fused-ring (bicyclic) bond motifs is 2. The zero-order chi connectivity index (χ0) is 28.1. The fourth-order valence-corrected chi connectivity index (χ4v) is 7.07. The Hall–Kier alpha value is -3.42. The number of carbonyl (C=O) groups excluding carboxylic acids is 4. The SMILES string of the molecule is CC(C)CC(=O)N1C2CCC13[C@H](C2)C(=O)N(Cc1cccc2ccccc12)[C@H]3C(=O)NCC(=O)OC(C)(C)C. The lowest BCUT2D eigenvalue weighted by molar-refractivity contribution is -0.155. The molecule has 39 heavy (non-hydrogen) atoms. The first kappa shape index (κ1) is 27.2. The Morgan fingerprint density at radius 2 is 1.82 bits per heavy atom. The summed E-state index contributed by atoms with van der Waals surface area (Å²) in [5, 5.41) is 4.84. The van der Waals surface area contributed by atoms with Crippen LogP contribution in [0.3, 0.4) is 0 Å². The van der Waals surface area contributed by atoms with Crippen molar-refractivity contribution in [3.8, 4) is 0 Å². The molecule has 1 N–H and O–H groups in total. The average Bonchev–Trinajstić information content (AvgIpc) is 3.46. The largest absolute Gasteiger partial charge is 0.459 e. The van der Waals surface area contributed by atoms with E-state index >= 15 is 0 Å². The number of amides is 3. The quantitative estimate of drug-likeness (QED) is 0.546. The van der Waals surface area contributed by atoms with Crippen molar-refractivity contribution < 1.29 is 23.9 Å². The molecule has 5 rings (SSSR count). The van der Waals surface area contributed by atoms with Gasteiger partial charge in [0, 0.05) is 19.0 Å². The van der Waals surface area contributed by atoms with Crippen molar-refractivity contribution in [2.24, 2.45) is 11.8 Å². The van der Waals surface area contributed by atoms with Crippen LogP contribution in [0.15, 0.2) is 42.5 Å². The van der Waals surface area contributed by atoms with Gasteiger partial charge in [-0.25, -0.2) is 0 Å². The van der Waals surface area contributed by atoms with Crippen molar-refractivity contribution in [1.82, 2.24) is 15.1 Å². The normalized spacial score (nSPS) is 25.9. The first-order valence-corrected chi connectivity index (χ1v) is 14.0. The molecule has 208 valence electrons. The standard InChI is InChI=1S/C31H39N3O5/c1-19(2)15-25(35)34-22-13-14-31(34)24(16-22)29(38)33(18-21-11-8-10-20-9-6-7-12-23(20)21)27(31)28(37)32-17-26(36)39-30(3,4)5/h6-12,19,22,24,27H,13-18H2,1-5H3,(H,32,37)/t22?,24-,27+,31?/m1/s1. The van der Waals surface area contributed by atoms with Crippen molar-refractivity contribution in [2.75, 3.05) is 6.54 Å². The predicted molar refractivity (Wildman–Crippen MR) is 147 cm³/mol. The molecule has 3 fully saturated rings. The third-order valence-electron chi connectivity index (χ3n) is 8.32. The highest BCUT2D eigenvalue weighted by Gasteiger charge is 2.72. The summed E-state index contributed by atoms with van der Waals surface area (Å²) >= 11 is 0. The molecule has 0 radical (unpaired) electrons. The molecule has 3 aliphatic rings. The van der Waals surface area contributed by atoms with Crippen molar-refractivity contribution in [2.45, 2.75) is 90.1 Å². The van der Waals surface area contributed by atoms with Crippen LogP contribution in [0.2, 0.25) is 0 Å². The van der Waals surface area contributed by atoms with Crippen molar-refractivity contribution in [3.63, 3.8) is 0 Å². The fourth-order valence-electron chi connectivity index (χ4n) is 7.07. The molecule has 3 heterocycles. The minimum Gasteiger partial charge on any atom is -0.459 e. The Bertz CT molecular complexity index is 1310. The van der Waals surface area contributed by atoms with E-state index < -0.39 is 35.0 Å². The molecule has 2 bridgehead atoms. The van der Waals surface area contributed by atoms with Gasteiger partial charge in [0.1, 0.15) is 18.2 Å². The molecule has 0 aliphatic carbocycles. The summed E-state index contributed by atoms with van der Waals surface area (Å²) in [6.07, 6.45) is 2.30. The molecule has 3 saturated heterocycles. The Morgan fingerprint density at radius 1 is 1.10 bits per heavy atom. The van der Waals surface area contributed by atoms with E-state index in [0.717, 1.165) is 22.8 Å². The maximum Gasteiger partial charge on any atom is 0.325 e. The van der Waals surface area contributed by atoms with Crippen LogP contribution >= 0.6 is 0 Å². The third-order valence-corrected chi connectivity index (χ3v) is 8.32. The lowest BCUT2D eigenvalue weighted by atomic mass is 9.75. The van der Waals surface area contributed by atoms with Crippen LogP contribution in [-0.2, 0) is 30.5 Å². The van der Waals surface area contributed by atoms with Gasteiger partial charge in [-0.1, -0.05) is 56.3 Å². The van der Waals surface area contributed by atoms with Crippen LogP contribution in [0.1, 0.15) is 65.9 Å². The number of benzene rings is 2. The van der Waals surface area contributed by atoms with Crippen LogP contribution in [-0.4, -0.2) is 63.3 Å². The molecule has 1 spiro atoms. The smallest absolute Gasteiger partial charge is 0.325 e. The number of nitrogens with zero attached hydrogens (tertiary/aromatic N) is 2. The number of carbonyl (C=O) groups is 4. The van der Waals surface area contributed by atoms with Gasteiger partial charge in [-0.3, -0.25) is 19.2 Å². The van der Waals surface area contributed by atoms with Crippen molar-refractivity contribution in [3.05, 3.63) is 48.0 Å². The van der Waals surface area contributed by atoms with Crippen LogP contribution in [0.4, 0.5) is 0 Å². The maximum atomic E-state index is 14.1. The van der Waals surface area contributed by atoms with Gasteiger partial charge >= 0.3 is 5.97 Å². The van der Waals surface area contributed by atoms with E-state index in [0.29, 0.717) is 19.3 Å². The lowest BCUT2D eigenvalue weighted by Gasteiger charge is -2.40. The fraction of sp³-hybridized carbons (Fsp3) is 0.548. The number of nitrogens with one attached hydrogen (secondary N) is 1. The van der Waals surface area contributed by atoms with E-state index in [1.807, 2.05) is 61.2 Å². The van der Waals surface area contributed by atoms with Gasteiger partial charge in [-0.15, -0.1) is 0 Å². The molecule has 2 aromatic rings. The molecule has 2 unspecified atom stereocenters. The second-order valence-electron chi connectivity index (χ2n) is 12.6. The summed E-state index contributed by atoms with van der Waals surface area (Å²) in [6, 6.07) is 13.0. The lowest BCUT2D eigenvalue weighted by Crippen LogP contribution is -2.61. The highest BCUT2D eigenvalue weighted by molar-refractivity contribution is 5.99. The van der Waals surface area contributed by atoms with Crippen LogP contribution in [0, 0.1) is 11.8 Å². The van der Waals surface area contributed by atoms with E-state index in [4.69, 9.17) is 4.74 Å². The van der Waals surface area contributed by atoms with E-state index in [9.17, 15) is 19.2 Å². The molecular formula is C31H39N3O5.